The number of rotatable bonds is 5. The average Bonchev–Trinajstić information content (AvgIpc) is 2.68. The van der Waals surface area contributed by atoms with Gasteiger partial charge < -0.3 is 15.3 Å². The van der Waals surface area contributed by atoms with Crippen molar-refractivity contribution in [3.05, 3.63) is 83.2 Å². The van der Waals surface area contributed by atoms with Crippen molar-refractivity contribution in [3.63, 3.8) is 0 Å². The second-order valence-corrected chi connectivity index (χ2v) is 5.96. The van der Waals surface area contributed by atoms with E-state index in [1.807, 2.05) is 0 Å². The highest BCUT2D eigenvalue weighted by Gasteiger charge is 2.18. The van der Waals surface area contributed by atoms with Gasteiger partial charge in [0.15, 0.2) is 0 Å². The normalized spacial score (nSPS) is 10.5. The predicted octanol–water partition coefficient (Wildman–Crippen LogP) is 4.25. The molecule has 0 aromatic heterocycles. The van der Waals surface area contributed by atoms with Crippen LogP contribution in [0, 0.1) is 5.82 Å². The number of hydrogen-bond acceptors (Lipinski definition) is 3. The van der Waals surface area contributed by atoms with E-state index >= 15 is 4.39 Å². The molecule has 0 spiro atoms. The molecule has 7 heteroatoms. The molecule has 3 aromatic rings. The fraction of sp³-hybridized carbons (Fsp3) is 0. The smallest absolute Gasteiger partial charge is 0.335 e. The zero-order valence-corrected chi connectivity index (χ0v) is 14.2. The van der Waals surface area contributed by atoms with Crippen molar-refractivity contribution in [2.45, 2.75) is 0 Å². The van der Waals surface area contributed by atoms with Crippen LogP contribution in [0.5, 0.6) is 0 Å². The second kappa shape index (κ2) is 7.32. The van der Waals surface area contributed by atoms with Gasteiger partial charge in [0.05, 0.1) is 16.7 Å². The Morgan fingerprint density at radius 3 is 1.18 bits per heavy atom. The maximum absolute atomic E-state index is 15.2. The summed E-state index contributed by atoms with van der Waals surface area (Å²) < 4.78 is 15.2. The molecule has 0 saturated carbocycles. The largest absolute Gasteiger partial charge is 0.478 e. The van der Waals surface area contributed by atoms with Crippen LogP contribution in [0.4, 0.5) is 4.39 Å². The summed E-state index contributed by atoms with van der Waals surface area (Å²) in [6.07, 6.45) is 0. The molecule has 3 N–H and O–H groups in total. The first-order valence-electron chi connectivity index (χ1n) is 8.02. The van der Waals surface area contributed by atoms with E-state index in [1.54, 1.807) is 0 Å². The molecule has 3 aromatic carbocycles. The Balaban J connectivity index is 2.17. The van der Waals surface area contributed by atoms with Gasteiger partial charge in [-0.1, -0.05) is 24.3 Å². The Morgan fingerprint density at radius 2 is 0.893 bits per heavy atom. The summed E-state index contributed by atoms with van der Waals surface area (Å²) in [7, 11) is 0. The summed E-state index contributed by atoms with van der Waals surface area (Å²) >= 11 is 0. The minimum atomic E-state index is -1.26. The quantitative estimate of drug-likeness (QED) is 0.610. The minimum Gasteiger partial charge on any atom is -0.478 e. The number of carbonyl (C=O) groups is 3. The zero-order valence-electron chi connectivity index (χ0n) is 14.2. The van der Waals surface area contributed by atoms with Crippen molar-refractivity contribution >= 4 is 17.9 Å². The first-order chi connectivity index (χ1) is 13.3. The van der Waals surface area contributed by atoms with Gasteiger partial charge in [0.25, 0.3) is 0 Å². The van der Waals surface area contributed by atoms with Gasteiger partial charge in [0, 0.05) is 11.1 Å². The lowest BCUT2D eigenvalue weighted by atomic mass is 9.94. The van der Waals surface area contributed by atoms with Crippen LogP contribution in [0.1, 0.15) is 31.1 Å². The van der Waals surface area contributed by atoms with E-state index in [0.29, 0.717) is 11.1 Å². The van der Waals surface area contributed by atoms with Crippen molar-refractivity contribution in [2.75, 3.05) is 0 Å². The summed E-state index contributed by atoms with van der Waals surface area (Å²) in [5, 5.41) is 27.3. The number of benzene rings is 3. The van der Waals surface area contributed by atoms with E-state index in [2.05, 4.69) is 0 Å². The highest BCUT2D eigenvalue weighted by atomic mass is 19.1. The van der Waals surface area contributed by atoms with Crippen LogP contribution in [-0.2, 0) is 0 Å². The molecule has 0 unspecified atom stereocenters. The lowest BCUT2D eigenvalue weighted by molar-refractivity contribution is 0.0686. The number of carboxylic acid groups (broad SMARTS) is 3. The highest BCUT2D eigenvalue weighted by Crippen LogP contribution is 2.33. The summed E-state index contributed by atoms with van der Waals surface area (Å²) in [5.74, 6) is -4.22. The van der Waals surface area contributed by atoms with Crippen LogP contribution in [0.25, 0.3) is 22.3 Å². The second-order valence-electron chi connectivity index (χ2n) is 5.96. The summed E-state index contributed by atoms with van der Waals surface area (Å²) in [6, 6.07) is 13.1. The Bertz CT molecular complexity index is 1010. The Kier molecular flexibility index (Phi) is 4.91. The SMILES string of the molecule is O=C(O)c1ccc(-c2cc(C(=O)O)cc(-c3ccc(C(=O)O)cc3)c2F)cc1. The maximum Gasteiger partial charge on any atom is 0.335 e. The molecule has 6 nitrogen and oxygen atoms in total. The molecule has 0 amide bonds. The third-order valence-electron chi connectivity index (χ3n) is 4.21. The number of halogens is 1. The first kappa shape index (κ1) is 18.8. The molecule has 0 heterocycles. The summed E-state index contributed by atoms with van der Waals surface area (Å²) in [4.78, 5) is 33.4. The van der Waals surface area contributed by atoms with E-state index in [-0.39, 0.29) is 27.8 Å². The molecule has 3 rings (SSSR count). The van der Waals surface area contributed by atoms with Crippen molar-refractivity contribution in [3.8, 4) is 22.3 Å². The Hall–Kier alpha value is -4.00. The number of aromatic carboxylic acids is 3. The first-order valence-corrected chi connectivity index (χ1v) is 8.02. The number of carboxylic acids is 3. The van der Waals surface area contributed by atoms with Gasteiger partial charge in [-0.05, 0) is 47.5 Å². The molecule has 0 aliphatic heterocycles. The van der Waals surface area contributed by atoms with Crippen LogP contribution < -0.4 is 0 Å². The van der Waals surface area contributed by atoms with Gasteiger partial charge in [-0.15, -0.1) is 0 Å². The molecule has 0 atom stereocenters. The van der Waals surface area contributed by atoms with Gasteiger partial charge in [0.1, 0.15) is 5.82 Å². The van der Waals surface area contributed by atoms with E-state index in [0.717, 1.165) is 0 Å². The lowest BCUT2D eigenvalue weighted by Gasteiger charge is -2.12. The van der Waals surface area contributed by atoms with E-state index in [9.17, 15) is 19.5 Å². The van der Waals surface area contributed by atoms with Gasteiger partial charge >= 0.3 is 17.9 Å². The lowest BCUT2D eigenvalue weighted by Crippen LogP contribution is -2.01. The standard InChI is InChI=1S/C21H13FO6/c22-18-16(11-1-5-13(6-2-11)19(23)24)9-15(21(27)28)10-17(18)12-3-7-14(8-4-12)20(25)26/h1-10H,(H,23,24)(H,25,26)(H,27,28). The van der Waals surface area contributed by atoms with Crippen molar-refractivity contribution < 1.29 is 34.1 Å². The Morgan fingerprint density at radius 1 is 0.571 bits per heavy atom. The summed E-state index contributed by atoms with van der Waals surface area (Å²) in [5.41, 5.74) is 0.494. The molecular formula is C21H13FO6. The van der Waals surface area contributed by atoms with Crippen molar-refractivity contribution in [1.29, 1.82) is 0 Å². The molecule has 0 fully saturated rings. The number of hydrogen-bond donors (Lipinski definition) is 3. The van der Waals surface area contributed by atoms with Crippen molar-refractivity contribution in [2.24, 2.45) is 0 Å². The molecule has 0 radical (unpaired) electrons. The highest BCUT2D eigenvalue weighted by molar-refractivity contribution is 5.93. The van der Waals surface area contributed by atoms with Crippen LogP contribution >= 0.6 is 0 Å². The monoisotopic (exact) mass is 380 g/mol. The van der Waals surface area contributed by atoms with E-state index in [1.165, 1.54) is 60.7 Å². The van der Waals surface area contributed by atoms with Crippen LogP contribution in [0.15, 0.2) is 60.7 Å². The third-order valence-corrected chi connectivity index (χ3v) is 4.21. The van der Waals surface area contributed by atoms with Gasteiger partial charge in [0.2, 0.25) is 0 Å². The summed E-state index contributed by atoms with van der Waals surface area (Å²) in [6.45, 7) is 0. The molecule has 0 bridgehead atoms. The topological polar surface area (TPSA) is 112 Å². The third kappa shape index (κ3) is 3.59. The Labute approximate surface area is 158 Å². The maximum atomic E-state index is 15.2. The molecular weight excluding hydrogens is 367 g/mol. The fourth-order valence-electron chi connectivity index (χ4n) is 2.75. The zero-order chi connectivity index (χ0) is 20.4. The van der Waals surface area contributed by atoms with Gasteiger partial charge in [-0.2, -0.15) is 0 Å². The fourth-order valence-corrected chi connectivity index (χ4v) is 2.75. The average molecular weight is 380 g/mol. The van der Waals surface area contributed by atoms with Crippen LogP contribution in [0.3, 0.4) is 0 Å². The van der Waals surface area contributed by atoms with E-state index in [4.69, 9.17) is 10.2 Å². The van der Waals surface area contributed by atoms with E-state index < -0.39 is 23.7 Å². The minimum absolute atomic E-state index is 0.00542. The van der Waals surface area contributed by atoms with Crippen molar-refractivity contribution in [1.82, 2.24) is 0 Å². The molecule has 0 saturated heterocycles. The van der Waals surface area contributed by atoms with Gasteiger partial charge in [-0.3, -0.25) is 0 Å². The molecule has 140 valence electrons. The molecule has 0 aliphatic rings. The molecule has 28 heavy (non-hydrogen) atoms. The van der Waals surface area contributed by atoms with Crippen LogP contribution in [0.2, 0.25) is 0 Å². The predicted molar refractivity (Wildman–Crippen MR) is 98.1 cm³/mol. The molecule has 0 aliphatic carbocycles. The van der Waals surface area contributed by atoms with Crippen LogP contribution in [-0.4, -0.2) is 33.2 Å². The van der Waals surface area contributed by atoms with Gasteiger partial charge in [-0.25, -0.2) is 18.8 Å².